The largest absolute Gasteiger partial charge is 0.308 e. The number of hydrogen-bond donors (Lipinski definition) is 1. The van der Waals surface area contributed by atoms with E-state index in [1.807, 2.05) is 12.3 Å². The number of piperidine rings is 1. The SMILES string of the molecule is CN1CCC(NCc2ccc(Br)cn2)CC1. The molecule has 0 radical (unpaired) electrons. The summed E-state index contributed by atoms with van der Waals surface area (Å²) in [7, 11) is 2.19. The average Bonchev–Trinajstić information content (AvgIpc) is 2.30. The first kappa shape index (κ1) is 12.0. The molecule has 16 heavy (non-hydrogen) atoms. The molecule has 1 N–H and O–H groups in total. The van der Waals surface area contributed by atoms with Crippen LogP contribution in [-0.4, -0.2) is 36.1 Å². The fourth-order valence-corrected chi connectivity index (χ4v) is 2.21. The Kier molecular flexibility index (Phi) is 4.32. The molecule has 1 saturated heterocycles. The minimum atomic E-state index is 0.654. The van der Waals surface area contributed by atoms with E-state index < -0.39 is 0 Å². The monoisotopic (exact) mass is 283 g/mol. The molecule has 2 heterocycles. The third-order valence-electron chi connectivity index (χ3n) is 3.08. The van der Waals surface area contributed by atoms with Crippen molar-refractivity contribution >= 4 is 15.9 Å². The Morgan fingerprint density at radius 2 is 2.19 bits per heavy atom. The molecule has 1 aliphatic heterocycles. The zero-order chi connectivity index (χ0) is 11.4. The van der Waals surface area contributed by atoms with Crippen LogP contribution in [0.2, 0.25) is 0 Å². The highest BCUT2D eigenvalue weighted by molar-refractivity contribution is 9.10. The van der Waals surface area contributed by atoms with Gasteiger partial charge in [-0.25, -0.2) is 0 Å². The Hall–Kier alpha value is -0.450. The van der Waals surface area contributed by atoms with Gasteiger partial charge >= 0.3 is 0 Å². The smallest absolute Gasteiger partial charge is 0.0542 e. The molecule has 0 atom stereocenters. The molecular formula is C12H18BrN3. The fraction of sp³-hybridized carbons (Fsp3) is 0.583. The summed E-state index contributed by atoms with van der Waals surface area (Å²) in [5, 5.41) is 3.57. The maximum atomic E-state index is 4.36. The molecule has 0 aliphatic carbocycles. The van der Waals surface area contributed by atoms with Crippen molar-refractivity contribution in [1.29, 1.82) is 0 Å². The van der Waals surface area contributed by atoms with Crippen molar-refractivity contribution in [2.75, 3.05) is 20.1 Å². The lowest BCUT2D eigenvalue weighted by Crippen LogP contribution is -2.40. The van der Waals surface area contributed by atoms with Crippen molar-refractivity contribution in [2.24, 2.45) is 0 Å². The molecule has 1 aromatic heterocycles. The van der Waals surface area contributed by atoms with Gasteiger partial charge in [0, 0.05) is 23.3 Å². The van der Waals surface area contributed by atoms with Gasteiger partial charge in [0.15, 0.2) is 0 Å². The summed E-state index contributed by atoms with van der Waals surface area (Å²) in [6.07, 6.45) is 4.34. The number of pyridine rings is 1. The van der Waals surface area contributed by atoms with Crippen LogP contribution in [0.25, 0.3) is 0 Å². The Morgan fingerprint density at radius 1 is 1.44 bits per heavy atom. The van der Waals surface area contributed by atoms with Gasteiger partial charge in [0.2, 0.25) is 0 Å². The van der Waals surface area contributed by atoms with E-state index in [4.69, 9.17) is 0 Å². The lowest BCUT2D eigenvalue weighted by molar-refractivity contribution is 0.233. The highest BCUT2D eigenvalue weighted by Crippen LogP contribution is 2.10. The minimum Gasteiger partial charge on any atom is -0.308 e. The second kappa shape index (κ2) is 5.75. The summed E-state index contributed by atoms with van der Waals surface area (Å²) in [4.78, 5) is 6.74. The lowest BCUT2D eigenvalue weighted by atomic mass is 10.1. The maximum absolute atomic E-state index is 4.36. The Balaban J connectivity index is 1.77. The molecule has 1 fully saturated rings. The second-order valence-electron chi connectivity index (χ2n) is 4.43. The summed E-state index contributed by atoms with van der Waals surface area (Å²) in [5.41, 5.74) is 1.11. The predicted molar refractivity (Wildman–Crippen MR) is 69.3 cm³/mol. The predicted octanol–water partition coefficient (Wildman–Crippen LogP) is 2.03. The van der Waals surface area contributed by atoms with Gasteiger partial charge < -0.3 is 10.2 Å². The molecule has 88 valence electrons. The van der Waals surface area contributed by atoms with Crippen molar-refractivity contribution in [3.63, 3.8) is 0 Å². The van der Waals surface area contributed by atoms with E-state index >= 15 is 0 Å². The lowest BCUT2D eigenvalue weighted by Gasteiger charge is -2.29. The van der Waals surface area contributed by atoms with Crippen LogP contribution in [0.5, 0.6) is 0 Å². The van der Waals surface area contributed by atoms with Crippen molar-refractivity contribution < 1.29 is 0 Å². The quantitative estimate of drug-likeness (QED) is 0.920. The zero-order valence-corrected chi connectivity index (χ0v) is 11.2. The van der Waals surface area contributed by atoms with Gasteiger partial charge in [0.1, 0.15) is 0 Å². The van der Waals surface area contributed by atoms with Crippen molar-refractivity contribution in [3.8, 4) is 0 Å². The normalized spacial score (nSPS) is 18.9. The van der Waals surface area contributed by atoms with Crippen LogP contribution in [0.1, 0.15) is 18.5 Å². The van der Waals surface area contributed by atoms with Crippen molar-refractivity contribution in [3.05, 3.63) is 28.5 Å². The standard InChI is InChI=1S/C12H18BrN3/c1-16-6-4-11(5-7-16)15-9-12-3-2-10(13)8-14-12/h2-3,8,11,15H,4-7,9H2,1H3. The number of aromatic nitrogens is 1. The first-order valence-electron chi connectivity index (χ1n) is 5.76. The van der Waals surface area contributed by atoms with Crippen LogP contribution in [-0.2, 0) is 6.54 Å². The van der Waals surface area contributed by atoms with E-state index in [2.05, 4.69) is 44.2 Å². The van der Waals surface area contributed by atoms with Gasteiger partial charge in [-0.2, -0.15) is 0 Å². The average molecular weight is 284 g/mol. The Bertz CT molecular complexity index is 318. The van der Waals surface area contributed by atoms with Crippen LogP contribution in [0, 0.1) is 0 Å². The highest BCUT2D eigenvalue weighted by Gasteiger charge is 2.15. The number of likely N-dealkylation sites (tertiary alicyclic amines) is 1. The van der Waals surface area contributed by atoms with Gasteiger partial charge in [-0.05, 0) is 61.0 Å². The van der Waals surface area contributed by atoms with E-state index in [-0.39, 0.29) is 0 Å². The number of rotatable bonds is 3. The molecule has 0 unspecified atom stereocenters. The zero-order valence-electron chi connectivity index (χ0n) is 9.62. The van der Waals surface area contributed by atoms with Gasteiger partial charge in [-0.1, -0.05) is 0 Å². The molecule has 0 spiro atoms. The molecule has 1 aliphatic rings. The highest BCUT2D eigenvalue weighted by atomic mass is 79.9. The molecule has 4 heteroatoms. The summed E-state index contributed by atoms with van der Waals surface area (Å²) in [6, 6.07) is 4.76. The summed E-state index contributed by atoms with van der Waals surface area (Å²) in [6.45, 7) is 3.28. The van der Waals surface area contributed by atoms with Crippen LogP contribution < -0.4 is 5.32 Å². The fourth-order valence-electron chi connectivity index (χ4n) is 1.97. The van der Waals surface area contributed by atoms with Crippen molar-refractivity contribution in [1.82, 2.24) is 15.2 Å². The van der Waals surface area contributed by atoms with Crippen LogP contribution >= 0.6 is 15.9 Å². The van der Waals surface area contributed by atoms with E-state index in [1.54, 1.807) is 0 Å². The Labute approximate surface area is 105 Å². The molecule has 0 amide bonds. The summed E-state index contributed by atoms with van der Waals surface area (Å²) >= 11 is 3.39. The first-order chi connectivity index (χ1) is 7.74. The number of hydrogen-bond acceptors (Lipinski definition) is 3. The molecule has 0 bridgehead atoms. The van der Waals surface area contributed by atoms with Crippen LogP contribution in [0.4, 0.5) is 0 Å². The first-order valence-corrected chi connectivity index (χ1v) is 6.56. The van der Waals surface area contributed by atoms with Crippen LogP contribution in [0.15, 0.2) is 22.8 Å². The molecule has 3 nitrogen and oxygen atoms in total. The summed E-state index contributed by atoms with van der Waals surface area (Å²) in [5.74, 6) is 0. The molecule has 0 saturated carbocycles. The number of halogens is 1. The molecule has 1 aromatic rings. The number of nitrogens with one attached hydrogen (secondary N) is 1. The number of nitrogens with zero attached hydrogens (tertiary/aromatic N) is 2. The second-order valence-corrected chi connectivity index (χ2v) is 5.34. The molecule has 2 rings (SSSR count). The van der Waals surface area contributed by atoms with Crippen LogP contribution in [0.3, 0.4) is 0 Å². The van der Waals surface area contributed by atoms with Gasteiger partial charge in [-0.3, -0.25) is 4.98 Å². The van der Waals surface area contributed by atoms with Gasteiger partial charge in [0.05, 0.1) is 5.69 Å². The third kappa shape index (κ3) is 3.54. The molecule has 0 aromatic carbocycles. The summed E-state index contributed by atoms with van der Waals surface area (Å²) < 4.78 is 1.04. The maximum Gasteiger partial charge on any atom is 0.0542 e. The van der Waals surface area contributed by atoms with E-state index in [0.29, 0.717) is 6.04 Å². The van der Waals surface area contributed by atoms with Crippen molar-refractivity contribution in [2.45, 2.75) is 25.4 Å². The molecular weight excluding hydrogens is 266 g/mol. The van der Waals surface area contributed by atoms with E-state index in [1.165, 1.54) is 25.9 Å². The Morgan fingerprint density at radius 3 is 2.81 bits per heavy atom. The van der Waals surface area contributed by atoms with Gasteiger partial charge in [0.25, 0.3) is 0 Å². The minimum absolute atomic E-state index is 0.654. The topological polar surface area (TPSA) is 28.2 Å². The van der Waals surface area contributed by atoms with E-state index in [9.17, 15) is 0 Å². The van der Waals surface area contributed by atoms with Gasteiger partial charge in [-0.15, -0.1) is 0 Å². The van der Waals surface area contributed by atoms with E-state index in [0.717, 1.165) is 16.7 Å². The third-order valence-corrected chi connectivity index (χ3v) is 3.55.